The number of fused-ring (bicyclic) bond motifs is 1. The van der Waals surface area contributed by atoms with Gasteiger partial charge in [-0.2, -0.15) is 13.2 Å². The molecule has 0 spiro atoms. The van der Waals surface area contributed by atoms with Gasteiger partial charge in [-0.25, -0.2) is 0 Å². The minimum Gasteiger partial charge on any atom is -0.303 e. The molecule has 1 saturated heterocycles. The van der Waals surface area contributed by atoms with Crippen LogP contribution in [0.25, 0.3) is 11.1 Å². The van der Waals surface area contributed by atoms with Crippen LogP contribution in [0.4, 0.5) is 13.2 Å². The lowest BCUT2D eigenvalue weighted by atomic mass is 9.52. The van der Waals surface area contributed by atoms with Crippen LogP contribution in [0.5, 0.6) is 0 Å². The van der Waals surface area contributed by atoms with Crippen molar-refractivity contribution in [3.8, 4) is 11.1 Å². The van der Waals surface area contributed by atoms with Crippen LogP contribution in [0.1, 0.15) is 43.2 Å². The molecular formula is C25H28F3NO. The molecule has 1 saturated carbocycles. The van der Waals surface area contributed by atoms with Gasteiger partial charge in [-0.1, -0.05) is 61.4 Å². The second kappa shape index (κ2) is 8.18. The van der Waals surface area contributed by atoms with E-state index >= 15 is 0 Å². The quantitative estimate of drug-likeness (QED) is 0.550. The zero-order valence-electron chi connectivity index (χ0n) is 17.3. The Labute approximate surface area is 176 Å². The molecule has 0 radical (unpaired) electrons. The number of halogens is 3. The van der Waals surface area contributed by atoms with Crippen LogP contribution in [0.15, 0.2) is 48.5 Å². The topological polar surface area (TPSA) is 20.3 Å². The third kappa shape index (κ3) is 3.92. The normalized spacial score (nSPS) is 27.9. The van der Waals surface area contributed by atoms with Crippen LogP contribution < -0.4 is 0 Å². The molecule has 0 aromatic heterocycles. The van der Waals surface area contributed by atoms with Gasteiger partial charge in [-0.05, 0) is 67.4 Å². The number of alkyl halides is 3. The molecule has 5 rings (SSSR count). The van der Waals surface area contributed by atoms with Gasteiger partial charge in [0.1, 0.15) is 0 Å². The Hall–Kier alpha value is -2.14. The first-order chi connectivity index (χ1) is 14.3. The average Bonchev–Trinajstić information content (AvgIpc) is 2.76. The molecule has 3 atom stereocenters. The first kappa shape index (κ1) is 21.1. The molecule has 1 unspecified atom stereocenters. The smallest absolute Gasteiger partial charge is 0.303 e. The third-order valence-electron chi connectivity index (χ3n) is 7.36. The van der Waals surface area contributed by atoms with Crippen LogP contribution in [0, 0.1) is 5.92 Å². The van der Waals surface area contributed by atoms with Crippen LogP contribution in [-0.4, -0.2) is 37.0 Å². The lowest BCUT2D eigenvalue weighted by Crippen LogP contribution is -2.59. The van der Waals surface area contributed by atoms with Crippen LogP contribution in [0.3, 0.4) is 0 Å². The van der Waals surface area contributed by atoms with Gasteiger partial charge in [0, 0.05) is 11.5 Å². The fourth-order valence-electron chi connectivity index (χ4n) is 6.01. The van der Waals surface area contributed by atoms with Gasteiger partial charge in [-0.15, -0.1) is 0 Å². The highest BCUT2D eigenvalue weighted by atomic mass is 19.4. The second-order valence-corrected chi connectivity index (χ2v) is 8.91. The van der Waals surface area contributed by atoms with Crippen molar-refractivity contribution in [2.24, 2.45) is 5.92 Å². The van der Waals surface area contributed by atoms with E-state index < -0.39 is 12.5 Å². The summed E-state index contributed by atoms with van der Waals surface area (Å²) < 4.78 is 31.2. The Kier molecular flexibility index (Phi) is 5.75. The van der Waals surface area contributed by atoms with Crippen molar-refractivity contribution in [2.45, 2.75) is 56.2 Å². The molecule has 0 amide bonds. The molecule has 0 N–H and O–H groups in total. The number of likely N-dealkylation sites (tertiary alicyclic amines) is 1. The maximum atomic E-state index is 10.4. The van der Waals surface area contributed by atoms with E-state index in [-0.39, 0.29) is 0 Å². The number of benzene rings is 2. The SMILES string of the molecule is CN1CCC23CCCC[C@@H]2[C@@H]1Cc1ccc(-c2ccccc2)cc13.O=CC(F)(F)F. The average molecular weight is 415 g/mol. The van der Waals surface area contributed by atoms with E-state index in [1.807, 2.05) is 0 Å². The molecule has 2 aliphatic carbocycles. The summed E-state index contributed by atoms with van der Waals surface area (Å²) in [6, 6.07) is 19.0. The number of carbonyl (C=O) groups is 1. The van der Waals surface area contributed by atoms with Crippen molar-refractivity contribution in [1.82, 2.24) is 4.90 Å². The van der Waals surface area contributed by atoms with Crippen LogP contribution in [-0.2, 0) is 16.6 Å². The maximum Gasteiger partial charge on any atom is 0.446 e. The Morgan fingerprint density at radius 2 is 1.77 bits per heavy atom. The lowest BCUT2D eigenvalue weighted by molar-refractivity contribution is -0.156. The predicted octanol–water partition coefficient (Wildman–Crippen LogP) is 5.79. The molecule has 2 aromatic rings. The van der Waals surface area contributed by atoms with E-state index in [2.05, 4.69) is 60.5 Å². The van der Waals surface area contributed by atoms with Crippen molar-refractivity contribution in [3.63, 3.8) is 0 Å². The van der Waals surface area contributed by atoms with Gasteiger partial charge < -0.3 is 4.90 Å². The first-order valence-electron chi connectivity index (χ1n) is 10.8. The number of likely N-dealkylation sites (N-methyl/N-ethyl adjacent to an activating group) is 1. The fraction of sp³-hybridized carbons (Fsp3) is 0.480. The van der Waals surface area contributed by atoms with Crippen molar-refractivity contribution < 1.29 is 18.0 Å². The van der Waals surface area contributed by atoms with E-state index in [0.29, 0.717) is 5.41 Å². The molecule has 2 nitrogen and oxygen atoms in total. The van der Waals surface area contributed by atoms with E-state index in [1.54, 1.807) is 11.1 Å². The van der Waals surface area contributed by atoms with Gasteiger partial charge in [0.15, 0.2) is 0 Å². The van der Waals surface area contributed by atoms with E-state index in [4.69, 9.17) is 4.79 Å². The van der Waals surface area contributed by atoms with E-state index in [1.165, 1.54) is 56.2 Å². The minimum atomic E-state index is -4.64. The monoisotopic (exact) mass is 415 g/mol. The molecule has 1 aliphatic heterocycles. The molecule has 1 heterocycles. The summed E-state index contributed by atoms with van der Waals surface area (Å²) in [6.45, 7) is 1.27. The summed E-state index contributed by atoms with van der Waals surface area (Å²) in [7, 11) is 2.35. The number of carbonyl (C=O) groups excluding carboxylic acids is 1. The van der Waals surface area contributed by atoms with Crippen LogP contribution in [0.2, 0.25) is 0 Å². The third-order valence-corrected chi connectivity index (χ3v) is 7.36. The van der Waals surface area contributed by atoms with E-state index in [0.717, 1.165) is 12.0 Å². The maximum absolute atomic E-state index is 10.4. The molecule has 160 valence electrons. The Balaban J connectivity index is 0.000000322. The Morgan fingerprint density at radius 1 is 1.03 bits per heavy atom. The molecule has 3 aliphatic rings. The highest BCUT2D eigenvalue weighted by Gasteiger charge is 2.52. The highest BCUT2D eigenvalue weighted by molar-refractivity contribution is 5.66. The first-order valence-corrected chi connectivity index (χ1v) is 10.8. The molecule has 2 aromatic carbocycles. The molecule has 2 bridgehead atoms. The molecule has 2 fully saturated rings. The summed E-state index contributed by atoms with van der Waals surface area (Å²) in [5, 5.41) is 0. The number of hydrogen-bond acceptors (Lipinski definition) is 2. The van der Waals surface area contributed by atoms with E-state index in [9.17, 15) is 13.2 Å². The zero-order valence-corrected chi connectivity index (χ0v) is 17.3. The number of rotatable bonds is 1. The van der Waals surface area contributed by atoms with Gasteiger partial charge in [-0.3, -0.25) is 4.79 Å². The van der Waals surface area contributed by atoms with Crippen molar-refractivity contribution >= 4 is 6.29 Å². The van der Waals surface area contributed by atoms with Gasteiger partial charge in [0.2, 0.25) is 6.29 Å². The van der Waals surface area contributed by atoms with Gasteiger partial charge in [0.05, 0.1) is 0 Å². The summed E-state index contributed by atoms with van der Waals surface area (Å²) in [6.07, 6.45) is 2.61. The molecule has 5 heteroatoms. The summed E-state index contributed by atoms with van der Waals surface area (Å²) >= 11 is 0. The predicted molar refractivity (Wildman–Crippen MR) is 112 cm³/mol. The Morgan fingerprint density at radius 3 is 2.47 bits per heavy atom. The lowest BCUT2D eigenvalue weighted by Gasteiger charge is -2.58. The van der Waals surface area contributed by atoms with Crippen LogP contribution >= 0.6 is 0 Å². The summed E-state index contributed by atoms with van der Waals surface area (Å²) in [5.74, 6) is 0.878. The van der Waals surface area contributed by atoms with Gasteiger partial charge in [0.25, 0.3) is 0 Å². The standard InChI is InChI=1S/C23H27N.C2HF3O/c1-24-14-13-23-12-6-5-9-20(23)22(24)16-19-11-10-18(15-21(19)23)17-7-3-2-4-8-17;3-2(4,5)1-6/h2-4,7-8,10-11,15,20,22H,5-6,9,12-14,16H2,1H3;1H/t20-,22+,23?;/m1./s1. The molecule has 30 heavy (non-hydrogen) atoms. The van der Waals surface area contributed by atoms with Crippen molar-refractivity contribution in [3.05, 3.63) is 59.7 Å². The van der Waals surface area contributed by atoms with Crippen molar-refractivity contribution in [2.75, 3.05) is 13.6 Å². The highest BCUT2D eigenvalue weighted by Crippen LogP contribution is 2.55. The van der Waals surface area contributed by atoms with Crippen molar-refractivity contribution in [1.29, 1.82) is 0 Å². The number of piperidine rings is 1. The minimum absolute atomic E-state index is 0.466. The zero-order chi connectivity index (χ0) is 21.4. The second-order valence-electron chi connectivity index (χ2n) is 8.91. The number of hydrogen-bond donors (Lipinski definition) is 0. The molecular weight excluding hydrogens is 387 g/mol. The number of aldehydes is 1. The Bertz CT molecular complexity index is 895. The number of nitrogens with zero attached hydrogens (tertiary/aromatic N) is 1. The van der Waals surface area contributed by atoms with Gasteiger partial charge >= 0.3 is 6.18 Å². The summed E-state index contributed by atoms with van der Waals surface area (Å²) in [4.78, 5) is 11.4. The largest absolute Gasteiger partial charge is 0.446 e. The fourth-order valence-corrected chi connectivity index (χ4v) is 6.01. The summed E-state index contributed by atoms with van der Waals surface area (Å²) in [5.41, 5.74) is 6.57.